The number of aryl methyl sites for hydroxylation is 1. The van der Waals surface area contributed by atoms with Crippen LogP contribution in [0, 0.1) is 6.92 Å². The summed E-state index contributed by atoms with van der Waals surface area (Å²) in [5.74, 6) is 1.00. The lowest BCUT2D eigenvalue weighted by Gasteiger charge is -2.13. The smallest absolute Gasteiger partial charge is 0.321 e. The highest BCUT2D eigenvalue weighted by molar-refractivity contribution is 8.00. The molecule has 1 aromatic carbocycles. The molecule has 1 unspecified atom stereocenters. The molecule has 3 amide bonds. The summed E-state index contributed by atoms with van der Waals surface area (Å²) in [4.78, 5) is 24.1. The van der Waals surface area contributed by atoms with Crippen LogP contribution in [-0.2, 0) is 11.3 Å². The lowest BCUT2D eigenvalue weighted by molar-refractivity contribution is -0.119. The van der Waals surface area contributed by atoms with E-state index < -0.39 is 17.2 Å². The van der Waals surface area contributed by atoms with Gasteiger partial charge < -0.3 is 9.73 Å². The van der Waals surface area contributed by atoms with Gasteiger partial charge in [-0.3, -0.25) is 14.7 Å². The number of aromatic nitrogens is 3. The lowest BCUT2D eigenvalue weighted by atomic mass is 10.1. The maximum Gasteiger partial charge on any atom is 0.321 e. The molecule has 0 aliphatic heterocycles. The van der Waals surface area contributed by atoms with Crippen molar-refractivity contribution in [2.75, 3.05) is 6.54 Å². The Labute approximate surface area is 178 Å². The van der Waals surface area contributed by atoms with Gasteiger partial charge in [0.1, 0.15) is 5.76 Å². The zero-order valence-electron chi connectivity index (χ0n) is 16.8. The minimum atomic E-state index is -0.566. The van der Waals surface area contributed by atoms with Crippen LogP contribution in [0.2, 0.25) is 0 Å². The van der Waals surface area contributed by atoms with E-state index in [4.69, 9.17) is 4.42 Å². The first-order chi connectivity index (χ1) is 14.5. The van der Waals surface area contributed by atoms with E-state index in [0.29, 0.717) is 17.5 Å². The number of urea groups is 1. The summed E-state index contributed by atoms with van der Waals surface area (Å²) in [6, 6.07) is 11.0. The predicted molar refractivity (Wildman–Crippen MR) is 115 cm³/mol. The van der Waals surface area contributed by atoms with Gasteiger partial charge in [0.2, 0.25) is 5.91 Å². The maximum atomic E-state index is 12.4. The van der Waals surface area contributed by atoms with Gasteiger partial charge in [-0.1, -0.05) is 42.1 Å². The number of carbonyl (C=O) groups is 2. The predicted octanol–water partition coefficient (Wildman–Crippen LogP) is 3.39. The standard InChI is InChI=1S/C21H23N5O3S/c1-4-11-22-20(28)23-19(27)15(3)30-21-25-24-18(17-10-6-5-8-14(17)2)26(21)13-16-9-7-12-29-16/h4-10,12,15H,1,11,13H2,2-3H3,(H2,22,23,27,28). The summed E-state index contributed by atoms with van der Waals surface area (Å²) in [6.07, 6.45) is 3.14. The van der Waals surface area contributed by atoms with Crippen LogP contribution in [0.3, 0.4) is 0 Å². The summed E-state index contributed by atoms with van der Waals surface area (Å²) in [7, 11) is 0. The van der Waals surface area contributed by atoms with Gasteiger partial charge in [0, 0.05) is 12.1 Å². The van der Waals surface area contributed by atoms with E-state index in [9.17, 15) is 9.59 Å². The number of imide groups is 1. The van der Waals surface area contributed by atoms with Crippen LogP contribution in [0.15, 0.2) is 64.9 Å². The number of benzene rings is 1. The molecule has 30 heavy (non-hydrogen) atoms. The van der Waals surface area contributed by atoms with Crippen LogP contribution >= 0.6 is 11.8 Å². The number of thioether (sulfide) groups is 1. The minimum Gasteiger partial charge on any atom is -0.467 e. The molecule has 2 N–H and O–H groups in total. The number of carbonyl (C=O) groups excluding carboxylic acids is 2. The largest absolute Gasteiger partial charge is 0.467 e. The third-order valence-corrected chi connectivity index (χ3v) is 5.37. The van der Waals surface area contributed by atoms with E-state index in [2.05, 4.69) is 27.4 Å². The zero-order valence-corrected chi connectivity index (χ0v) is 17.6. The van der Waals surface area contributed by atoms with E-state index in [1.165, 1.54) is 17.8 Å². The van der Waals surface area contributed by atoms with Crippen molar-refractivity contribution in [2.45, 2.75) is 30.8 Å². The Kier molecular flexibility index (Phi) is 7.08. The molecule has 0 bridgehead atoms. The van der Waals surface area contributed by atoms with Gasteiger partial charge in [-0.05, 0) is 31.5 Å². The molecule has 0 aliphatic rings. The molecular formula is C21H23N5O3S. The number of hydrogen-bond donors (Lipinski definition) is 2. The monoisotopic (exact) mass is 425 g/mol. The summed E-state index contributed by atoms with van der Waals surface area (Å²) in [6.45, 7) is 7.93. The van der Waals surface area contributed by atoms with Crippen molar-refractivity contribution in [3.8, 4) is 11.4 Å². The lowest BCUT2D eigenvalue weighted by Crippen LogP contribution is -2.42. The number of rotatable bonds is 8. The number of amides is 3. The van der Waals surface area contributed by atoms with E-state index >= 15 is 0 Å². The second-order valence-corrected chi connectivity index (χ2v) is 7.84. The topological polar surface area (TPSA) is 102 Å². The average molecular weight is 426 g/mol. The number of nitrogens with zero attached hydrogens (tertiary/aromatic N) is 3. The third kappa shape index (κ3) is 5.18. The van der Waals surface area contributed by atoms with Gasteiger partial charge in [0.25, 0.3) is 0 Å². The van der Waals surface area contributed by atoms with Crippen LogP contribution < -0.4 is 10.6 Å². The van der Waals surface area contributed by atoms with Crippen LogP contribution in [0.1, 0.15) is 18.2 Å². The fourth-order valence-corrected chi connectivity index (χ4v) is 3.58. The van der Waals surface area contributed by atoms with Crippen molar-refractivity contribution in [2.24, 2.45) is 0 Å². The van der Waals surface area contributed by atoms with Gasteiger partial charge in [-0.25, -0.2) is 4.79 Å². The molecule has 9 heteroatoms. The molecule has 0 saturated heterocycles. The van der Waals surface area contributed by atoms with Gasteiger partial charge in [0.15, 0.2) is 11.0 Å². The number of nitrogens with one attached hydrogen (secondary N) is 2. The molecule has 3 aromatic rings. The first kappa shape index (κ1) is 21.4. The maximum absolute atomic E-state index is 12.4. The SMILES string of the molecule is C=CCNC(=O)NC(=O)C(C)Sc1nnc(-c2ccccc2C)n1Cc1ccco1. The van der Waals surface area contributed by atoms with Gasteiger partial charge in [-0.15, -0.1) is 16.8 Å². The average Bonchev–Trinajstić information content (AvgIpc) is 3.38. The quantitative estimate of drug-likeness (QED) is 0.424. The van der Waals surface area contributed by atoms with Crippen molar-refractivity contribution in [1.29, 1.82) is 0 Å². The summed E-state index contributed by atoms with van der Waals surface area (Å²) in [5.41, 5.74) is 2.01. The summed E-state index contributed by atoms with van der Waals surface area (Å²) in [5, 5.41) is 13.5. The molecule has 2 heterocycles. The highest BCUT2D eigenvalue weighted by atomic mass is 32.2. The molecule has 0 radical (unpaired) electrons. The highest BCUT2D eigenvalue weighted by Crippen LogP contribution is 2.29. The molecular weight excluding hydrogens is 402 g/mol. The van der Waals surface area contributed by atoms with Crippen LogP contribution in [0.25, 0.3) is 11.4 Å². The van der Waals surface area contributed by atoms with Crippen molar-refractivity contribution >= 4 is 23.7 Å². The summed E-state index contributed by atoms with van der Waals surface area (Å²) >= 11 is 1.22. The van der Waals surface area contributed by atoms with Crippen molar-refractivity contribution in [1.82, 2.24) is 25.4 Å². The van der Waals surface area contributed by atoms with Crippen molar-refractivity contribution < 1.29 is 14.0 Å². The third-order valence-electron chi connectivity index (χ3n) is 4.29. The molecule has 0 aliphatic carbocycles. The Morgan fingerprint density at radius 2 is 2.07 bits per heavy atom. The molecule has 156 valence electrons. The minimum absolute atomic E-state index is 0.276. The van der Waals surface area contributed by atoms with E-state index in [1.807, 2.05) is 47.9 Å². The number of hydrogen-bond acceptors (Lipinski definition) is 6. The van der Waals surface area contributed by atoms with Crippen LogP contribution in [0.4, 0.5) is 4.79 Å². The van der Waals surface area contributed by atoms with Crippen LogP contribution in [0.5, 0.6) is 0 Å². The zero-order chi connectivity index (χ0) is 21.5. The Morgan fingerprint density at radius 1 is 1.27 bits per heavy atom. The van der Waals surface area contributed by atoms with Gasteiger partial charge >= 0.3 is 6.03 Å². The van der Waals surface area contributed by atoms with E-state index in [0.717, 1.165) is 16.9 Å². The van der Waals surface area contributed by atoms with E-state index in [-0.39, 0.29) is 6.54 Å². The van der Waals surface area contributed by atoms with Gasteiger partial charge in [-0.2, -0.15) is 0 Å². The first-order valence-electron chi connectivity index (χ1n) is 9.37. The molecule has 1 atom stereocenters. The van der Waals surface area contributed by atoms with Crippen molar-refractivity contribution in [3.05, 3.63) is 66.6 Å². The van der Waals surface area contributed by atoms with E-state index in [1.54, 1.807) is 13.2 Å². The molecule has 0 spiro atoms. The Hall–Kier alpha value is -3.33. The second-order valence-electron chi connectivity index (χ2n) is 6.53. The Balaban J connectivity index is 1.83. The fraction of sp³-hybridized carbons (Fsp3) is 0.238. The first-order valence-corrected chi connectivity index (χ1v) is 10.3. The summed E-state index contributed by atoms with van der Waals surface area (Å²) < 4.78 is 7.41. The van der Waals surface area contributed by atoms with Crippen LogP contribution in [-0.4, -0.2) is 38.5 Å². The molecule has 0 saturated carbocycles. The number of furan rings is 1. The van der Waals surface area contributed by atoms with Crippen molar-refractivity contribution in [3.63, 3.8) is 0 Å². The highest BCUT2D eigenvalue weighted by Gasteiger charge is 2.23. The normalized spacial score (nSPS) is 11.7. The molecule has 8 nitrogen and oxygen atoms in total. The molecule has 2 aromatic heterocycles. The Morgan fingerprint density at radius 3 is 2.77 bits per heavy atom. The molecule has 3 rings (SSSR count). The fourth-order valence-electron chi connectivity index (χ4n) is 2.73. The van der Waals surface area contributed by atoms with Gasteiger partial charge in [0.05, 0.1) is 18.1 Å². The molecule has 0 fully saturated rings. The second kappa shape index (κ2) is 9.93. The Bertz CT molecular complexity index is 1030.